The van der Waals surface area contributed by atoms with Crippen LogP contribution in [0.1, 0.15) is 0 Å². The molecule has 1 saturated heterocycles. The molecule has 3 rings (SSSR count). The van der Waals surface area contributed by atoms with E-state index in [0.717, 1.165) is 60.6 Å². The first-order chi connectivity index (χ1) is 14.1. The quantitative estimate of drug-likeness (QED) is 0.659. The number of anilines is 2. The van der Waals surface area contributed by atoms with Gasteiger partial charge in [-0.3, -0.25) is 4.79 Å². The summed E-state index contributed by atoms with van der Waals surface area (Å²) in [6, 6.07) is 15.5. The molecular weight excluding hydrogens is 370 g/mol. The molecule has 0 aromatic heterocycles. The minimum Gasteiger partial charge on any atom is -0.497 e. The maximum absolute atomic E-state index is 12.3. The number of quaternary nitrogens is 1. The van der Waals surface area contributed by atoms with Crippen LogP contribution in [0.5, 0.6) is 11.5 Å². The lowest BCUT2D eigenvalue weighted by Crippen LogP contribution is -3.10. The van der Waals surface area contributed by atoms with Crippen LogP contribution in [0.15, 0.2) is 48.5 Å². The molecule has 2 aromatic rings. The topological polar surface area (TPSA) is 64.5 Å². The van der Waals surface area contributed by atoms with Crippen LogP contribution in [0.4, 0.5) is 11.4 Å². The molecule has 1 aliphatic heterocycles. The number of hydrogen-bond acceptors (Lipinski definition) is 5. The summed E-state index contributed by atoms with van der Waals surface area (Å²) < 4.78 is 16.2. The van der Waals surface area contributed by atoms with Gasteiger partial charge in [0.1, 0.15) is 24.7 Å². The number of rotatable bonds is 9. The van der Waals surface area contributed by atoms with Crippen molar-refractivity contribution >= 4 is 17.3 Å². The molecular formula is C22H30N3O4+. The van der Waals surface area contributed by atoms with Crippen LogP contribution in [-0.2, 0) is 9.53 Å². The Balaban J connectivity index is 1.37. The standard InChI is InChI=1S/C22H29N3O4/c1-24(11-16-29-21-9-7-20(27-2)8-10-21)17-22(26)23-18-3-5-19(6-4-18)25-12-14-28-15-13-25/h3-10H,11-17H2,1-2H3,(H,23,26)/p+1. The van der Waals surface area contributed by atoms with Gasteiger partial charge in [-0.25, -0.2) is 0 Å². The average Bonchev–Trinajstić information content (AvgIpc) is 2.75. The predicted octanol–water partition coefficient (Wildman–Crippen LogP) is 1.06. The molecule has 0 bridgehead atoms. The van der Waals surface area contributed by atoms with Gasteiger partial charge in [-0.15, -0.1) is 0 Å². The van der Waals surface area contributed by atoms with Crippen molar-refractivity contribution in [1.82, 2.24) is 0 Å². The number of nitrogens with zero attached hydrogens (tertiary/aromatic N) is 1. The first-order valence-corrected chi connectivity index (χ1v) is 9.95. The zero-order valence-electron chi connectivity index (χ0n) is 17.1. The van der Waals surface area contributed by atoms with E-state index in [-0.39, 0.29) is 5.91 Å². The number of carbonyl (C=O) groups excluding carboxylic acids is 1. The summed E-state index contributed by atoms with van der Waals surface area (Å²) in [5, 5.41) is 2.97. The fourth-order valence-electron chi connectivity index (χ4n) is 3.16. The zero-order chi connectivity index (χ0) is 20.5. The highest BCUT2D eigenvalue weighted by Crippen LogP contribution is 2.19. The number of hydrogen-bond donors (Lipinski definition) is 2. The van der Waals surface area contributed by atoms with Crippen LogP contribution in [0.25, 0.3) is 0 Å². The Kier molecular flexibility index (Phi) is 7.72. The molecule has 7 nitrogen and oxygen atoms in total. The normalized spacial score (nSPS) is 14.9. The van der Waals surface area contributed by atoms with Crippen molar-refractivity contribution in [2.45, 2.75) is 0 Å². The molecule has 1 amide bonds. The van der Waals surface area contributed by atoms with E-state index in [4.69, 9.17) is 14.2 Å². The summed E-state index contributed by atoms with van der Waals surface area (Å²) in [6.07, 6.45) is 0. The van der Waals surface area contributed by atoms with Gasteiger partial charge in [0.25, 0.3) is 5.91 Å². The van der Waals surface area contributed by atoms with Crippen molar-refractivity contribution in [3.8, 4) is 11.5 Å². The number of benzene rings is 2. The Hall–Kier alpha value is -2.77. The van der Waals surface area contributed by atoms with Crippen molar-refractivity contribution in [2.24, 2.45) is 0 Å². The monoisotopic (exact) mass is 400 g/mol. The summed E-state index contributed by atoms with van der Waals surface area (Å²) in [5.41, 5.74) is 1.97. The van der Waals surface area contributed by atoms with Gasteiger partial charge in [0.05, 0.1) is 27.4 Å². The van der Waals surface area contributed by atoms with E-state index >= 15 is 0 Å². The van der Waals surface area contributed by atoms with Crippen molar-refractivity contribution in [2.75, 3.05) is 70.4 Å². The molecule has 1 unspecified atom stereocenters. The minimum absolute atomic E-state index is 0.00827. The Labute approximate surface area is 172 Å². The lowest BCUT2D eigenvalue weighted by Gasteiger charge is -2.28. The first kappa shape index (κ1) is 21.0. The number of ether oxygens (including phenoxy) is 3. The number of amides is 1. The Morgan fingerprint density at radius 2 is 1.72 bits per heavy atom. The van der Waals surface area contributed by atoms with E-state index in [0.29, 0.717) is 13.2 Å². The third-order valence-corrected chi connectivity index (χ3v) is 4.85. The van der Waals surface area contributed by atoms with Crippen molar-refractivity contribution in [1.29, 1.82) is 0 Å². The highest BCUT2D eigenvalue weighted by Gasteiger charge is 2.13. The summed E-state index contributed by atoms with van der Waals surface area (Å²) in [4.78, 5) is 15.7. The van der Waals surface area contributed by atoms with Crippen LogP contribution in [0, 0.1) is 0 Å². The van der Waals surface area contributed by atoms with Gasteiger partial charge < -0.3 is 29.3 Å². The highest BCUT2D eigenvalue weighted by molar-refractivity contribution is 5.91. The molecule has 0 spiro atoms. The van der Waals surface area contributed by atoms with Crippen molar-refractivity contribution in [3.63, 3.8) is 0 Å². The highest BCUT2D eigenvalue weighted by atomic mass is 16.5. The Morgan fingerprint density at radius 1 is 1.07 bits per heavy atom. The molecule has 2 N–H and O–H groups in total. The molecule has 156 valence electrons. The molecule has 0 radical (unpaired) electrons. The summed E-state index contributed by atoms with van der Waals surface area (Å²) in [7, 11) is 3.62. The predicted molar refractivity (Wildman–Crippen MR) is 113 cm³/mol. The molecule has 0 aliphatic carbocycles. The van der Waals surface area contributed by atoms with Gasteiger partial charge in [-0.05, 0) is 48.5 Å². The third-order valence-electron chi connectivity index (χ3n) is 4.85. The molecule has 7 heteroatoms. The molecule has 1 atom stereocenters. The molecule has 29 heavy (non-hydrogen) atoms. The van der Waals surface area contributed by atoms with Gasteiger partial charge in [0, 0.05) is 24.5 Å². The number of carbonyl (C=O) groups is 1. The van der Waals surface area contributed by atoms with Crippen molar-refractivity contribution in [3.05, 3.63) is 48.5 Å². The van der Waals surface area contributed by atoms with Crippen LogP contribution >= 0.6 is 0 Å². The fraction of sp³-hybridized carbons (Fsp3) is 0.409. The van der Waals surface area contributed by atoms with Crippen LogP contribution < -0.4 is 24.6 Å². The molecule has 0 saturated carbocycles. The Morgan fingerprint density at radius 3 is 2.38 bits per heavy atom. The second-order valence-corrected chi connectivity index (χ2v) is 7.10. The largest absolute Gasteiger partial charge is 0.497 e. The van der Waals surface area contributed by atoms with E-state index in [2.05, 4.69) is 10.2 Å². The van der Waals surface area contributed by atoms with Gasteiger partial charge in [0.15, 0.2) is 6.54 Å². The number of morpholine rings is 1. The molecule has 1 aliphatic rings. The van der Waals surface area contributed by atoms with E-state index in [1.807, 2.05) is 55.6 Å². The smallest absolute Gasteiger partial charge is 0.279 e. The Bertz CT molecular complexity index is 759. The van der Waals surface area contributed by atoms with Gasteiger partial charge in [0.2, 0.25) is 0 Å². The summed E-state index contributed by atoms with van der Waals surface area (Å²) in [6.45, 7) is 4.98. The second-order valence-electron chi connectivity index (χ2n) is 7.10. The third kappa shape index (κ3) is 6.66. The zero-order valence-corrected chi connectivity index (χ0v) is 17.1. The maximum Gasteiger partial charge on any atom is 0.279 e. The first-order valence-electron chi connectivity index (χ1n) is 9.95. The van der Waals surface area contributed by atoms with E-state index in [1.165, 1.54) is 0 Å². The maximum atomic E-state index is 12.3. The van der Waals surface area contributed by atoms with E-state index in [9.17, 15) is 4.79 Å². The van der Waals surface area contributed by atoms with Crippen LogP contribution in [0.3, 0.4) is 0 Å². The summed E-state index contributed by atoms with van der Waals surface area (Å²) >= 11 is 0. The second kappa shape index (κ2) is 10.7. The number of nitrogens with one attached hydrogen (secondary N) is 2. The van der Waals surface area contributed by atoms with Gasteiger partial charge >= 0.3 is 0 Å². The van der Waals surface area contributed by atoms with Gasteiger partial charge in [-0.2, -0.15) is 0 Å². The number of methoxy groups -OCH3 is 1. The summed E-state index contributed by atoms with van der Waals surface area (Å²) in [5.74, 6) is 1.59. The lowest BCUT2D eigenvalue weighted by atomic mass is 10.2. The average molecular weight is 400 g/mol. The SMILES string of the molecule is COc1ccc(OCC[NH+](C)CC(=O)Nc2ccc(N3CCOCC3)cc2)cc1. The van der Waals surface area contributed by atoms with Crippen LogP contribution in [-0.4, -0.2) is 66.1 Å². The molecule has 2 aromatic carbocycles. The van der Waals surface area contributed by atoms with E-state index < -0.39 is 0 Å². The lowest BCUT2D eigenvalue weighted by molar-refractivity contribution is -0.871. The van der Waals surface area contributed by atoms with E-state index in [1.54, 1.807) is 7.11 Å². The molecule has 1 fully saturated rings. The van der Waals surface area contributed by atoms with Gasteiger partial charge in [-0.1, -0.05) is 0 Å². The van der Waals surface area contributed by atoms with Crippen molar-refractivity contribution < 1.29 is 23.9 Å². The number of likely N-dealkylation sites (N-methyl/N-ethyl adjacent to an activating group) is 1. The molecule has 1 heterocycles. The van der Waals surface area contributed by atoms with Crippen LogP contribution in [0.2, 0.25) is 0 Å². The minimum atomic E-state index is -0.00827. The fourth-order valence-corrected chi connectivity index (χ4v) is 3.16.